The van der Waals surface area contributed by atoms with E-state index in [1.54, 1.807) is 41.2 Å². The van der Waals surface area contributed by atoms with Crippen LogP contribution in [0.1, 0.15) is 10.5 Å². The van der Waals surface area contributed by atoms with E-state index >= 15 is 0 Å². The first-order valence-electron chi connectivity index (χ1n) is 8.31. The first-order valence-corrected chi connectivity index (χ1v) is 11.1. The van der Waals surface area contributed by atoms with Crippen LogP contribution in [-0.2, 0) is 9.84 Å². The molecule has 0 aliphatic rings. The lowest BCUT2D eigenvalue weighted by molar-refractivity contribution is 0.102. The standard InChI is InChI=1S/C20H15N3O3S2/c1-28(25,26)15-6-2-5-14(10-15)16-9-8-13-4-3-7-17(19(13)22-16)23-20(24)18-11-27-12-21-18/h2-12H,1H3,(H,23,24). The van der Waals surface area contributed by atoms with Crippen LogP contribution in [0.2, 0.25) is 0 Å². The maximum Gasteiger partial charge on any atom is 0.275 e. The van der Waals surface area contributed by atoms with Gasteiger partial charge in [-0.15, -0.1) is 11.3 Å². The molecule has 4 rings (SSSR count). The van der Waals surface area contributed by atoms with Gasteiger partial charge in [-0.05, 0) is 24.3 Å². The lowest BCUT2D eigenvalue weighted by Crippen LogP contribution is -2.12. The van der Waals surface area contributed by atoms with Gasteiger partial charge < -0.3 is 5.32 Å². The van der Waals surface area contributed by atoms with Gasteiger partial charge in [-0.25, -0.2) is 18.4 Å². The van der Waals surface area contributed by atoms with E-state index in [9.17, 15) is 13.2 Å². The number of nitrogens with one attached hydrogen (secondary N) is 1. The summed E-state index contributed by atoms with van der Waals surface area (Å²) in [6, 6.07) is 15.9. The van der Waals surface area contributed by atoms with Crippen molar-refractivity contribution in [2.75, 3.05) is 11.6 Å². The molecule has 0 fully saturated rings. The van der Waals surface area contributed by atoms with Crippen molar-refractivity contribution < 1.29 is 13.2 Å². The van der Waals surface area contributed by atoms with Gasteiger partial charge in [-0.3, -0.25) is 4.79 Å². The third-order valence-corrected chi connectivity index (χ3v) is 5.89. The zero-order valence-electron chi connectivity index (χ0n) is 14.8. The van der Waals surface area contributed by atoms with E-state index < -0.39 is 9.84 Å². The molecule has 1 amide bonds. The van der Waals surface area contributed by atoms with E-state index in [1.807, 2.05) is 24.3 Å². The van der Waals surface area contributed by atoms with Crippen LogP contribution < -0.4 is 5.32 Å². The number of nitrogens with zero attached hydrogens (tertiary/aromatic N) is 2. The molecular formula is C20H15N3O3S2. The molecule has 0 bridgehead atoms. The Bertz CT molecular complexity index is 1280. The van der Waals surface area contributed by atoms with Crippen molar-refractivity contribution in [2.24, 2.45) is 0 Å². The van der Waals surface area contributed by atoms with E-state index in [0.717, 1.165) is 5.39 Å². The number of rotatable bonds is 4. The maximum atomic E-state index is 12.4. The first-order chi connectivity index (χ1) is 13.4. The molecule has 0 aliphatic heterocycles. The molecule has 28 heavy (non-hydrogen) atoms. The van der Waals surface area contributed by atoms with Gasteiger partial charge >= 0.3 is 0 Å². The van der Waals surface area contributed by atoms with Gasteiger partial charge in [-0.2, -0.15) is 0 Å². The minimum atomic E-state index is -3.32. The third-order valence-electron chi connectivity index (χ3n) is 4.19. The minimum Gasteiger partial charge on any atom is -0.319 e. The fourth-order valence-corrected chi connectivity index (χ4v) is 4.00. The van der Waals surface area contributed by atoms with Crippen LogP contribution in [0.5, 0.6) is 0 Å². The van der Waals surface area contributed by atoms with Crippen LogP contribution in [0.3, 0.4) is 0 Å². The van der Waals surface area contributed by atoms with E-state index in [-0.39, 0.29) is 10.8 Å². The molecule has 140 valence electrons. The van der Waals surface area contributed by atoms with Gasteiger partial charge in [0.15, 0.2) is 9.84 Å². The Morgan fingerprint density at radius 1 is 1.07 bits per heavy atom. The lowest BCUT2D eigenvalue weighted by Gasteiger charge is -2.09. The molecule has 6 nitrogen and oxygen atoms in total. The van der Waals surface area contributed by atoms with E-state index in [4.69, 9.17) is 0 Å². The van der Waals surface area contributed by atoms with Crippen LogP contribution in [0.15, 0.2) is 70.4 Å². The summed E-state index contributed by atoms with van der Waals surface area (Å²) in [5, 5.41) is 5.39. The van der Waals surface area contributed by atoms with Crippen LogP contribution in [0, 0.1) is 0 Å². The highest BCUT2D eigenvalue weighted by molar-refractivity contribution is 7.90. The predicted octanol–water partition coefficient (Wildman–Crippen LogP) is 4.01. The second-order valence-electron chi connectivity index (χ2n) is 6.20. The summed E-state index contributed by atoms with van der Waals surface area (Å²) in [6.45, 7) is 0. The highest BCUT2D eigenvalue weighted by Crippen LogP contribution is 2.27. The number of pyridine rings is 1. The predicted molar refractivity (Wildman–Crippen MR) is 110 cm³/mol. The quantitative estimate of drug-likeness (QED) is 0.550. The minimum absolute atomic E-state index is 0.233. The Hall–Kier alpha value is -3.10. The van der Waals surface area contributed by atoms with Gasteiger partial charge in [0.1, 0.15) is 5.69 Å². The average Bonchev–Trinajstić information content (AvgIpc) is 3.22. The SMILES string of the molecule is CS(=O)(=O)c1cccc(-c2ccc3cccc(NC(=O)c4cscn4)c3n2)c1. The fraction of sp³-hybridized carbons (Fsp3) is 0.0500. The molecule has 0 unspecified atom stereocenters. The molecule has 2 aromatic heterocycles. The van der Waals surface area contributed by atoms with Crippen molar-refractivity contribution >= 4 is 43.7 Å². The second kappa shape index (κ2) is 7.14. The fourth-order valence-electron chi connectivity index (χ4n) is 2.81. The summed E-state index contributed by atoms with van der Waals surface area (Å²) >= 11 is 1.35. The van der Waals surface area contributed by atoms with E-state index in [2.05, 4.69) is 15.3 Å². The molecule has 8 heteroatoms. The smallest absolute Gasteiger partial charge is 0.275 e. The Morgan fingerprint density at radius 2 is 1.89 bits per heavy atom. The maximum absolute atomic E-state index is 12.4. The van der Waals surface area contributed by atoms with Crippen molar-refractivity contribution in [1.82, 2.24) is 9.97 Å². The zero-order valence-corrected chi connectivity index (χ0v) is 16.4. The Balaban J connectivity index is 1.77. The summed E-state index contributed by atoms with van der Waals surface area (Å²) < 4.78 is 23.7. The van der Waals surface area contributed by atoms with Crippen LogP contribution in [-0.4, -0.2) is 30.5 Å². The van der Waals surface area contributed by atoms with E-state index in [1.165, 1.54) is 17.6 Å². The van der Waals surface area contributed by atoms with Gasteiger partial charge in [0.25, 0.3) is 5.91 Å². The molecule has 0 saturated carbocycles. The van der Waals surface area contributed by atoms with Crippen molar-refractivity contribution in [3.63, 3.8) is 0 Å². The Morgan fingerprint density at radius 3 is 2.64 bits per heavy atom. The number of para-hydroxylation sites is 1. The van der Waals surface area contributed by atoms with Crippen molar-refractivity contribution in [3.05, 3.63) is 71.2 Å². The van der Waals surface area contributed by atoms with Crippen molar-refractivity contribution in [3.8, 4) is 11.3 Å². The lowest BCUT2D eigenvalue weighted by atomic mass is 10.1. The number of carbonyl (C=O) groups excluding carboxylic acids is 1. The Kier molecular flexibility index (Phi) is 4.66. The average molecular weight is 409 g/mol. The molecule has 2 heterocycles. The summed E-state index contributed by atoms with van der Waals surface area (Å²) in [4.78, 5) is 21.3. The van der Waals surface area contributed by atoms with Crippen molar-refractivity contribution in [1.29, 1.82) is 0 Å². The van der Waals surface area contributed by atoms with Crippen molar-refractivity contribution in [2.45, 2.75) is 4.90 Å². The van der Waals surface area contributed by atoms with Gasteiger partial charge in [0.2, 0.25) is 0 Å². The molecule has 0 spiro atoms. The van der Waals surface area contributed by atoms with Crippen LogP contribution >= 0.6 is 11.3 Å². The van der Waals surface area contributed by atoms with E-state index in [0.29, 0.717) is 28.2 Å². The summed E-state index contributed by atoms with van der Waals surface area (Å²) in [7, 11) is -3.32. The van der Waals surface area contributed by atoms with Gasteiger partial charge in [0, 0.05) is 22.6 Å². The van der Waals surface area contributed by atoms with Crippen LogP contribution in [0.25, 0.3) is 22.2 Å². The highest BCUT2D eigenvalue weighted by Gasteiger charge is 2.13. The number of carbonyl (C=O) groups is 1. The number of amides is 1. The molecule has 4 aromatic rings. The topological polar surface area (TPSA) is 89.0 Å². The molecular weight excluding hydrogens is 394 g/mol. The number of hydrogen-bond acceptors (Lipinski definition) is 6. The second-order valence-corrected chi connectivity index (χ2v) is 8.94. The molecule has 1 N–H and O–H groups in total. The molecule has 0 radical (unpaired) electrons. The summed E-state index contributed by atoms with van der Waals surface area (Å²) in [5.74, 6) is -0.306. The summed E-state index contributed by atoms with van der Waals surface area (Å²) in [6.07, 6.45) is 1.17. The zero-order chi connectivity index (χ0) is 19.7. The number of anilines is 1. The highest BCUT2D eigenvalue weighted by atomic mass is 32.2. The number of benzene rings is 2. The first kappa shape index (κ1) is 18.3. The number of hydrogen-bond donors (Lipinski definition) is 1. The molecule has 0 atom stereocenters. The number of fused-ring (bicyclic) bond motifs is 1. The van der Waals surface area contributed by atoms with Gasteiger partial charge in [0.05, 0.1) is 27.3 Å². The molecule has 2 aromatic carbocycles. The normalized spacial score (nSPS) is 11.5. The largest absolute Gasteiger partial charge is 0.319 e. The molecule has 0 saturated heterocycles. The number of aromatic nitrogens is 2. The number of sulfone groups is 1. The van der Waals surface area contributed by atoms with Gasteiger partial charge in [-0.1, -0.05) is 30.3 Å². The molecule has 0 aliphatic carbocycles. The Labute approximate surface area is 165 Å². The number of thiazole rings is 1. The van der Waals surface area contributed by atoms with Crippen LogP contribution in [0.4, 0.5) is 5.69 Å². The third kappa shape index (κ3) is 3.64. The summed E-state index contributed by atoms with van der Waals surface area (Å²) in [5.41, 5.74) is 4.44. The monoisotopic (exact) mass is 409 g/mol.